The van der Waals surface area contributed by atoms with Gasteiger partial charge in [0.25, 0.3) is 0 Å². The molecule has 1 aromatic carbocycles. The summed E-state index contributed by atoms with van der Waals surface area (Å²) in [4.78, 5) is 0.0262. The Kier molecular flexibility index (Phi) is 4.58. The number of nitrogen functional groups attached to an aromatic ring is 1. The van der Waals surface area contributed by atoms with Gasteiger partial charge in [-0.15, -0.1) is 0 Å². The molecule has 3 N–H and O–H groups in total. The maximum absolute atomic E-state index is 13.2. The molecular formula is C13H21FN2O2S. The van der Waals surface area contributed by atoms with Crippen LogP contribution in [0.5, 0.6) is 0 Å². The molecule has 0 fully saturated rings. The number of halogens is 1. The second kappa shape index (κ2) is 5.46. The quantitative estimate of drug-likeness (QED) is 0.817. The van der Waals surface area contributed by atoms with Gasteiger partial charge in [-0.3, -0.25) is 0 Å². The second-order valence-corrected chi connectivity index (χ2v) is 7.22. The Morgan fingerprint density at radius 2 is 1.95 bits per heavy atom. The molecule has 0 saturated heterocycles. The summed E-state index contributed by atoms with van der Waals surface area (Å²) in [7, 11) is -3.67. The van der Waals surface area contributed by atoms with Crippen LogP contribution in [-0.2, 0) is 10.0 Å². The highest BCUT2D eigenvalue weighted by Gasteiger charge is 2.23. The molecule has 1 aromatic rings. The molecule has 0 saturated carbocycles. The molecule has 0 aliphatic rings. The summed E-state index contributed by atoms with van der Waals surface area (Å²) in [6.45, 7) is 7.81. The minimum atomic E-state index is -3.67. The number of hydrogen-bond donors (Lipinski definition) is 2. The molecule has 0 unspecified atom stereocenters. The first kappa shape index (κ1) is 15.9. The zero-order chi connectivity index (χ0) is 14.8. The van der Waals surface area contributed by atoms with Crippen molar-refractivity contribution in [2.75, 3.05) is 12.3 Å². The monoisotopic (exact) mass is 288 g/mol. The molecule has 6 heteroatoms. The van der Waals surface area contributed by atoms with Crippen LogP contribution < -0.4 is 10.5 Å². The van der Waals surface area contributed by atoms with Gasteiger partial charge in [0.1, 0.15) is 5.82 Å². The molecule has 0 spiro atoms. The summed E-state index contributed by atoms with van der Waals surface area (Å²) >= 11 is 0. The standard InChI is InChI=1S/C13H21FN2O2S/c1-5-13(3,4)8-16-19(17,18)12-7-11(15)10(14)6-9(12)2/h6-7,16H,5,8,15H2,1-4H3. The van der Waals surface area contributed by atoms with Crippen molar-refractivity contribution in [2.45, 2.75) is 39.0 Å². The molecule has 0 atom stereocenters. The molecule has 0 aliphatic heterocycles. The smallest absolute Gasteiger partial charge is 0.240 e. The second-order valence-electron chi connectivity index (χ2n) is 5.48. The first-order valence-electron chi connectivity index (χ1n) is 6.14. The highest BCUT2D eigenvalue weighted by molar-refractivity contribution is 7.89. The summed E-state index contributed by atoms with van der Waals surface area (Å²) in [6, 6.07) is 2.29. The zero-order valence-electron chi connectivity index (χ0n) is 11.7. The molecule has 0 amide bonds. The van der Waals surface area contributed by atoms with Crippen LogP contribution >= 0.6 is 0 Å². The Morgan fingerprint density at radius 1 is 1.37 bits per heavy atom. The van der Waals surface area contributed by atoms with Crippen LogP contribution in [0.1, 0.15) is 32.8 Å². The van der Waals surface area contributed by atoms with Crippen molar-refractivity contribution in [3.05, 3.63) is 23.5 Å². The van der Waals surface area contributed by atoms with Crippen molar-refractivity contribution < 1.29 is 12.8 Å². The number of benzene rings is 1. The largest absolute Gasteiger partial charge is 0.396 e. The molecule has 1 rings (SSSR count). The van der Waals surface area contributed by atoms with Crippen LogP contribution in [0, 0.1) is 18.2 Å². The number of sulfonamides is 1. The van der Waals surface area contributed by atoms with Gasteiger partial charge in [-0.2, -0.15) is 0 Å². The van der Waals surface area contributed by atoms with Crippen LogP contribution in [0.15, 0.2) is 17.0 Å². The van der Waals surface area contributed by atoms with E-state index in [0.717, 1.165) is 18.6 Å². The summed E-state index contributed by atoms with van der Waals surface area (Å²) in [5.41, 5.74) is 5.47. The van der Waals surface area contributed by atoms with E-state index in [2.05, 4.69) is 4.72 Å². The van der Waals surface area contributed by atoms with Gasteiger partial charge in [-0.05, 0) is 36.5 Å². The zero-order valence-corrected chi connectivity index (χ0v) is 12.6. The number of aryl methyl sites for hydroxylation is 1. The van der Waals surface area contributed by atoms with Gasteiger partial charge in [0.05, 0.1) is 10.6 Å². The lowest BCUT2D eigenvalue weighted by atomic mass is 9.91. The van der Waals surface area contributed by atoms with Gasteiger partial charge in [0.2, 0.25) is 10.0 Å². The van der Waals surface area contributed by atoms with E-state index in [-0.39, 0.29) is 16.0 Å². The summed E-state index contributed by atoms with van der Waals surface area (Å²) < 4.78 is 40.2. The van der Waals surface area contributed by atoms with Gasteiger partial charge in [0.15, 0.2) is 0 Å². The number of nitrogens with one attached hydrogen (secondary N) is 1. The Bertz CT molecular complexity index is 568. The van der Waals surface area contributed by atoms with E-state index in [4.69, 9.17) is 5.73 Å². The average Bonchev–Trinajstić information content (AvgIpc) is 2.31. The molecule has 0 bridgehead atoms. The lowest BCUT2D eigenvalue weighted by Gasteiger charge is -2.23. The van der Waals surface area contributed by atoms with E-state index < -0.39 is 15.8 Å². The number of rotatable bonds is 5. The highest BCUT2D eigenvalue weighted by Crippen LogP contribution is 2.23. The van der Waals surface area contributed by atoms with Gasteiger partial charge < -0.3 is 5.73 Å². The molecule has 19 heavy (non-hydrogen) atoms. The predicted octanol–water partition coefficient (Wildman–Crippen LogP) is 2.43. The minimum absolute atomic E-state index is 0.0262. The lowest BCUT2D eigenvalue weighted by molar-refractivity contribution is 0.350. The van der Waals surface area contributed by atoms with Gasteiger partial charge in [-0.1, -0.05) is 20.8 Å². The maximum Gasteiger partial charge on any atom is 0.240 e. The molecular weight excluding hydrogens is 267 g/mol. The van der Waals surface area contributed by atoms with Crippen LogP contribution in [0.4, 0.5) is 10.1 Å². The molecule has 0 radical (unpaired) electrons. The molecule has 0 aliphatic carbocycles. The maximum atomic E-state index is 13.2. The number of anilines is 1. The number of hydrogen-bond acceptors (Lipinski definition) is 3. The SMILES string of the molecule is CCC(C)(C)CNS(=O)(=O)c1cc(N)c(F)cc1C. The fraction of sp³-hybridized carbons (Fsp3) is 0.538. The molecule has 0 heterocycles. The van der Waals surface area contributed by atoms with Crippen molar-refractivity contribution in [3.8, 4) is 0 Å². The first-order valence-corrected chi connectivity index (χ1v) is 7.62. The molecule has 108 valence electrons. The van der Waals surface area contributed by atoms with E-state index in [9.17, 15) is 12.8 Å². The Morgan fingerprint density at radius 3 is 2.47 bits per heavy atom. The highest BCUT2D eigenvalue weighted by atomic mass is 32.2. The van der Waals surface area contributed by atoms with Crippen molar-refractivity contribution in [2.24, 2.45) is 5.41 Å². The summed E-state index contributed by atoms with van der Waals surface area (Å²) in [5.74, 6) is -0.606. The predicted molar refractivity (Wildman–Crippen MR) is 74.8 cm³/mol. The first-order chi connectivity index (χ1) is 8.59. The fourth-order valence-corrected chi connectivity index (χ4v) is 2.95. The molecule has 0 aromatic heterocycles. The minimum Gasteiger partial charge on any atom is -0.396 e. The van der Waals surface area contributed by atoms with Crippen LogP contribution in [0.3, 0.4) is 0 Å². The Labute approximate surface area is 114 Å². The van der Waals surface area contributed by atoms with Gasteiger partial charge >= 0.3 is 0 Å². The third kappa shape index (κ3) is 3.91. The third-order valence-electron chi connectivity index (χ3n) is 3.28. The van der Waals surface area contributed by atoms with E-state index in [1.807, 2.05) is 20.8 Å². The van der Waals surface area contributed by atoms with E-state index >= 15 is 0 Å². The normalized spacial score (nSPS) is 12.7. The molecule has 4 nitrogen and oxygen atoms in total. The van der Waals surface area contributed by atoms with Crippen molar-refractivity contribution in [3.63, 3.8) is 0 Å². The van der Waals surface area contributed by atoms with Crippen molar-refractivity contribution in [1.29, 1.82) is 0 Å². The summed E-state index contributed by atoms with van der Waals surface area (Å²) in [5, 5.41) is 0. The van der Waals surface area contributed by atoms with Crippen molar-refractivity contribution in [1.82, 2.24) is 4.72 Å². The average molecular weight is 288 g/mol. The van der Waals surface area contributed by atoms with E-state index in [0.29, 0.717) is 12.1 Å². The van der Waals surface area contributed by atoms with Crippen molar-refractivity contribution >= 4 is 15.7 Å². The summed E-state index contributed by atoms with van der Waals surface area (Å²) in [6.07, 6.45) is 0.847. The topological polar surface area (TPSA) is 72.2 Å². The fourth-order valence-electron chi connectivity index (χ4n) is 1.45. The number of nitrogens with two attached hydrogens (primary N) is 1. The van der Waals surface area contributed by atoms with Crippen LogP contribution in [0.2, 0.25) is 0 Å². The van der Waals surface area contributed by atoms with Crippen LogP contribution in [0.25, 0.3) is 0 Å². The van der Waals surface area contributed by atoms with Gasteiger partial charge in [-0.25, -0.2) is 17.5 Å². The van der Waals surface area contributed by atoms with Crippen LogP contribution in [-0.4, -0.2) is 15.0 Å². The lowest BCUT2D eigenvalue weighted by Crippen LogP contribution is -2.34. The van der Waals surface area contributed by atoms with E-state index in [1.54, 1.807) is 6.92 Å². The Hall–Kier alpha value is -1.14. The van der Waals surface area contributed by atoms with Gasteiger partial charge in [0, 0.05) is 6.54 Å². The Balaban J connectivity index is 3.05. The van der Waals surface area contributed by atoms with E-state index in [1.165, 1.54) is 0 Å². The third-order valence-corrected chi connectivity index (χ3v) is 4.82.